The molecule has 0 saturated carbocycles. The van der Waals surface area contributed by atoms with Crippen LogP contribution in [0.4, 0.5) is 10.1 Å². The second kappa shape index (κ2) is 7.45. The molecule has 0 unspecified atom stereocenters. The number of halogens is 1. The highest BCUT2D eigenvalue weighted by Gasteiger charge is 2.26. The van der Waals surface area contributed by atoms with E-state index in [1.807, 2.05) is 9.44 Å². The standard InChI is InChI=1S/C13H19FN2O6S2/c1-8(2)6-12(13(17)18)16-24(21,22)9-4-5-11(10(14)7-9)15-23(3,19)20/h4-5,7-8,12,15-16H,6H2,1-3H3,(H,17,18)/t12-/m1/s1. The number of rotatable bonds is 8. The van der Waals surface area contributed by atoms with Gasteiger partial charge in [-0.3, -0.25) is 9.52 Å². The molecule has 8 nitrogen and oxygen atoms in total. The van der Waals surface area contributed by atoms with Crippen LogP contribution in [-0.2, 0) is 24.8 Å². The number of hydrogen-bond donors (Lipinski definition) is 3. The Kier molecular flexibility index (Phi) is 6.31. The van der Waals surface area contributed by atoms with Gasteiger partial charge in [0.2, 0.25) is 20.0 Å². The lowest BCUT2D eigenvalue weighted by Crippen LogP contribution is -2.41. The topological polar surface area (TPSA) is 130 Å². The van der Waals surface area contributed by atoms with Crippen molar-refractivity contribution in [3.05, 3.63) is 24.0 Å². The molecule has 0 fully saturated rings. The monoisotopic (exact) mass is 382 g/mol. The van der Waals surface area contributed by atoms with Crippen LogP contribution < -0.4 is 9.44 Å². The quantitative estimate of drug-likeness (QED) is 0.614. The molecule has 0 aliphatic heterocycles. The van der Waals surface area contributed by atoms with Gasteiger partial charge in [-0.05, 0) is 30.5 Å². The van der Waals surface area contributed by atoms with Crippen molar-refractivity contribution in [2.75, 3.05) is 11.0 Å². The van der Waals surface area contributed by atoms with Gasteiger partial charge >= 0.3 is 5.97 Å². The molecule has 0 aromatic heterocycles. The van der Waals surface area contributed by atoms with Crippen LogP contribution in [0, 0.1) is 11.7 Å². The van der Waals surface area contributed by atoms with E-state index in [0.717, 1.165) is 18.4 Å². The first-order valence-electron chi connectivity index (χ1n) is 6.84. The van der Waals surface area contributed by atoms with Gasteiger partial charge in [-0.15, -0.1) is 0 Å². The Balaban J connectivity index is 3.10. The first-order chi connectivity index (χ1) is 10.8. The van der Waals surface area contributed by atoms with Gasteiger partial charge in [0.05, 0.1) is 16.8 Å². The van der Waals surface area contributed by atoms with E-state index < -0.39 is 48.5 Å². The molecule has 0 radical (unpaired) electrons. The molecule has 1 rings (SSSR count). The van der Waals surface area contributed by atoms with E-state index in [-0.39, 0.29) is 12.3 Å². The van der Waals surface area contributed by atoms with Gasteiger partial charge in [-0.2, -0.15) is 4.72 Å². The lowest BCUT2D eigenvalue weighted by atomic mass is 10.1. The number of hydrogen-bond acceptors (Lipinski definition) is 5. The molecule has 0 saturated heterocycles. The van der Waals surface area contributed by atoms with Gasteiger partial charge in [-0.25, -0.2) is 21.2 Å². The van der Waals surface area contributed by atoms with Gasteiger partial charge in [-0.1, -0.05) is 13.8 Å². The minimum absolute atomic E-state index is 0.0603. The van der Waals surface area contributed by atoms with Gasteiger partial charge in [0.1, 0.15) is 11.9 Å². The van der Waals surface area contributed by atoms with E-state index in [1.165, 1.54) is 0 Å². The van der Waals surface area contributed by atoms with Crippen LogP contribution in [0.15, 0.2) is 23.1 Å². The molecule has 24 heavy (non-hydrogen) atoms. The van der Waals surface area contributed by atoms with Crippen LogP contribution in [0.2, 0.25) is 0 Å². The van der Waals surface area contributed by atoms with Crippen LogP contribution in [0.25, 0.3) is 0 Å². The van der Waals surface area contributed by atoms with Crippen molar-refractivity contribution in [2.45, 2.75) is 31.2 Å². The molecule has 0 aliphatic carbocycles. The Morgan fingerprint density at radius 1 is 1.25 bits per heavy atom. The molecule has 3 N–H and O–H groups in total. The molecule has 136 valence electrons. The number of carboxylic acids is 1. The van der Waals surface area contributed by atoms with Gasteiger partial charge in [0.25, 0.3) is 0 Å². The first kappa shape index (κ1) is 20.3. The van der Waals surface area contributed by atoms with Crippen LogP contribution in [-0.4, -0.2) is 40.2 Å². The SMILES string of the molecule is CC(C)C[C@@H](NS(=O)(=O)c1ccc(NS(C)(=O)=O)c(F)c1)C(=O)O. The van der Waals surface area contributed by atoms with Gasteiger partial charge < -0.3 is 5.11 Å². The van der Waals surface area contributed by atoms with Crippen molar-refractivity contribution < 1.29 is 31.1 Å². The summed E-state index contributed by atoms with van der Waals surface area (Å²) in [5.41, 5.74) is -0.409. The molecule has 0 bridgehead atoms. The number of sulfonamides is 2. The Labute approximate surface area is 140 Å². The predicted molar refractivity (Wildman–Crippen MR) is 86.1 cm³/mol. The minimum Gasteiger partial charge on any atom is -0.480 e. The number of carboxylic acid groups (broad SMARTS) is 1. The van der Waals surface area contributed by atoms with Crippen molar-refractivity contribution in [1.29, 1.82) is 0 Å². The average Bonchev–Trinajstić information content (AvgIpc) is 2.37. The smallest absolute Gasteiger partial charge is 0.321 e. The molecule has 1 aromatic carbocycles. The second-order valence-corrected chi connectivity index (χ2v) is 9.12. The number of benzene rings is 1. The molecular formula is C13H19FN2O6S2. The van der Waals surface area contributed by atoms with Crippen molar-refractivity contribution in [1.82, 2.24) is 4.72 Å². The van der Waals surface area contributed by atoms with Gasteiger partial charge in [0, 0.05) is 0 Å². The fraction of sp³-hybridized carbons (Fsp3) is 0.462. The van der Waals surface area contributed by atoms with E-state index in [9.17, 15) is 26.0 Å². The Morgan fingerprint density at radius 3 is 2.25 bits per heavy atom. The van der Waals surface area contributed by atoms with E-state index in [2.05, 4.69) is 0 Å². The zero-order chi connectivity index (χ0) is 18.7. The second-order valence-electron chi connectivity index (χ2n) is 5.66. The number of aliphatic carboxylic acids is 1. The minimum atomic E-state index is -4.28. The summed E-state index contributed by atoms with van der Waals surface area (Å²) in [5, 5.41) is 9.08. The molecule has 1 atom stereocenters. The highest BCUT2D eigenvalue weighted by Crippen LogP contribution is 2.20. The maximum atomic E-state index is 13.9. The summed E-state index contributed by atoms with van der Waals surface area (Å²) in [6, 6.07) is 1.19. The third-order valence-corrected chi connectivity index (χ3v) is 4.91. The third-order valence-electron chi connectivity index (χ3n) is 2.85. The van der Waals surface area contributed by atoms with Crippen LogP contribution in [0.5, 0.6) is 0 Å². The van der Waals surface area contributed by atoms with Crippen LogP contribution >= 0.6 is 0 Å². The fourth-order valence-corrected chi connectivity index (χ4v) is 3.65. The summed E-state index contributed by atoms with van der Waals surface area (Å²) in [6.07, 6.45) is 0.882. The molecular weight excluding hydrogens is 363 g/mol. The fourth-order valence-electron chi connectivity index (χ4n) is 1.87. The molecule has 0 heterocycles. The zero-order valence-corrected chi connectivity index (χ0v) is 14.9. The van der Waals surface area contributed by atoms with Crippen LogP contribution in [0.3, 0.4) is 0 Å². The normalized spacial score (nSPS) is 13.7. The lowest BCUT2D eigenvalue weighted by molar-refractivity contribution is -0.139. The molecule has 11 heteroatoms. The van der Waals surface area contributed by atoms with E-state index in [0.29, 0.717) is 6.07 Å². The van der Waals surface area contributed by atoms with Crippen molar-refractivity contribution in [3.8, 4) is 0 Å². The molecule has 0 spiro atoms. The van der Waals surface area contributed by atoms with E-state index in [4.69, 9.17) is 5.11 Å². The maximum absolute atomic E-state index is 13.9. The highest BCUT2D eigenvalue weighted by molar-refractivity contribution is 7.92. The summed E-state index contributed by atoms with van der Waals surface area (Å²) in [4.78, 5) is 10.6. The zero-order valence-electron chi connectivity index (χ0n) is 13.3. The summed E-state index contributed by atoms with van der Waals surface area (Å²) < 4.78 is 64.3. The number of anilines is 1. The summed E-state index contributed by atoms with van der Waals surface area (Å²) >= 11 is 0. The van der Waals surface area contributed by atoms with Gasteiger partial charge in [0.15, 0.2) is 0 Å². The largest absolute Gasteiger partial charge is 0.480 e. The van der Waals surface area contributed by atoms with E-state index in [1.54, 1.807) is 13.8 Å². The van der Waals surface area contributed by atoms with Crippen LogP contribution in [0.1, 0.15) is 20.3 Å². The van der Waals surface area contributed by atoms with Crippen molar-refractivity contribution in [3.63, 3.8) is 0 Å². The maximum Gasteiger partial charge on any atom is 0.321 e. The average molecular weight is 382 g/mol. The number of carbonyl (C=O) groups is 1. The Morgan fingerprint density at radius 2 is 1.83 bits per heavy atom. The molecule has 0 amide bonds. The summed E-state index contributed by atoms with van der Waals surface area (Å²) in [6.45, 7) is 3.46. The summed E-state index contributed by atoms with van der Waals surface area (Å²) in [5.74, 6) is -2.52. The lowest BCUT2D eigenvalue weighted by Gasteiger charge is -2.17. The van der Waals surface area contributed by atoms with Crippen molar-refractivity contribution >= 4 is 31.7 Å². The van der Waals surface area contributed by atoms with Crippen molar-refractivity contribution in [2.24, 2.45) is 5.92 Å². The third kappa shape index (κ3) is 6.06. The Hall–Kier alpha value is -1.72. The highest BCUT2D eigenvalue weighted by atomic mass is 32.2. The molecule has 0 aliphatic rings. The predicted octanol–water partition coefficient (Wildman–Crippen LogP) is 0.975. The Bertz CT molecular complexity index is 821. The van der Waals surface area contributed by atoms with E-state index >= 15 is 0 Å². The summed E-state index contributed by atoms with van der Waals surface area (Å²) in [7, 11) is -8.01. The molecule has 1 aromatic rings. The first-order valence-corrected chi connectivity index (χ1v) is 10.2. The number of nitrogens with one attached hydrogen (secondary N) is 2.